The Morgan fingerprint density at radius 3 is 2.43 bits per heavy atom. The average Bonchev–Trinajstić information content (AvgIpc) is 2.92. The zero-order chi connectivity index (χ0) is 22.3. The minimum Gasteiger partial charge on any atom is -0.458 e. The largest absolute Gasteiger partial charge is 0.458 e. The number of aromatic nitrogens is 2. The lowest BCUT2D eigenvalue weighted by Crippen LogP contribution is -2.36. The molecule has 0 saturated carbocycles. The van der Waals surface area contributed by atoms with Gasteiger partial charge in [-0.1, -0.05) is 18.6 Å². The zero-order valence-corrected chi connectivity index (χ0v) is 18.0. The van der Waals surface area contributed by atoms with Gasteiger partial charge in [0.15, 0.2) is 0 Å². The number of carbonyl (C=O) groups is 2. The van der Waals surface area contributed by atoms with Gasteiger partial charge in [0.2, 0.25) is 5.91 Å². The Labute approximate surface area is 177 Å². The van der Waals surface area contributed by atoms with Crippen molar-refractivity contribution in [3.05, 3.63) is 34.7 Å². The first-order valence-electron chi connectivity index (χ1n) is 10.3. The number of hydrogen-bond acceptors (Lipinski definition) is 4. The molecule has 1 heterocycles. The summed E-state index contributed by atoms with van der Waals surface area (Å²) in [5.41, 5.74) is 5.66. The highest BCUT2D eigenvalue weighted by Gasteiger charge is 2.30. The Balaban J connectivity index is 2.45. The number of ether oxygens (including phenoxy) is 1. The van der Waals surface area contributed by atoms with Crippen LogP contribution in [0.5, 0.6) is 0 Å². The fourth-order valence-corrected chi connectivity index (χ4v) is 3.42. The molecular weight excluding hydrogens is 382 g/mol. The van der Waals surface area contributed by atoms with Gasteiger partial charge in [-0.3, -0.25) is 13.9 Å². The van der Waals surface area contributed by atoms with Crippen LogP contribution in [0.3, 0.4) is 0 Å². The van der Waals surface area contributed by atoms with Crippen molar-refractivity contribution in [1.82, 2.24) is 9.13 Å². The maximum Gasteiger partial charge on any atom is 0.329 e. The maximum absolute atomic E-state index is 13.3. The zero-order valence-electron chi connectivity index (χ0n) is 18.0. The van der Waals surface area contributed by atoms with Gasteiger partial charge in [-0.15, -0.1) is 12.3 Å². The maximum atomic E-state index is 13.3. The van der Waals surface area contributed by atoms with Crippen LogP contribution in [-0.4, -0.2) is 26.6 Å². The summed E-state index contributed by atoms with van der Waals surface area (Å²) in [6, 6.07) is 6.39. The molecule has 0 aliphatic heterocycles. The summed E-state index contributed by atoms with van der Waals surface area (Å²) in [6.45, 7) is 5.81. The van der Waals surface area contributed by atoms with Crippen molar-refractivity contribution < 1.29 is 14.3 Å². The van der Waals surface area contributed by atoms with Gasteiger partial charge in [-0.05, 0) is 52.2 Å². The lowest BCUT2D eigenvalue weighted by molar-refractivity contribution is -0.159. The lowest BCUT2D eigenvalue weighted by Gasteiger charge is -2.24. The fraction of sp³-hybridized carbons (Fsp3) is 0.522. The lowest BCUT2D eigenvalue weighted by atomic mass is 10.1. The van der Waals surface area contributed by atoms with Gasteiger partial charge >= 0.3 is 11.7 Å². The van der Waals surface area contributed by atoms with Crippen LogP contribution in [0.1, 0.15) is 65.3 Å². The summed E-state index contributed by atoms with van der Waals surface area (Å²) in [5, 5.41) is 0. The molecule has 0 radical (unpaired) electrons. The molecule has 1 atom stereocenters. The summed E-state index contributed by atoms with van der Waals surface area (Å²) in [7, 11) is 0. The van der Waals surface area contributed by atoms with Gasteiger partial charge in [0, 0.05) is 19.4 Å². The van der Waals surface area contributed by atoms with Crippen molar-refractivity contribution in [2.75, 3.05) is 0 Å². The fourth-order valence-electron chi connectivity index (χ4n) is 3.42. The highest BCUT2D eigenvalue weighted by Crippen LogP contribution is 2.24. The molecule has 7 heteroatoms. The second-order valence-electron chi connectivity index (χ2n) is 8.36. The highest BCUT2D eigenvalue weighted by atomic mass is 16.6. The summed E-state index contributed by atoms with van der Waals surface area (Å²) < 4.78 is 8.66. The number of carbonyl (C=O) groups excluding carboxylic acids is 2. The van der Waals surface area contributed by atoms with Gasteiger partial charge in [0.1, 0.15) is 11.6 Å². The predicted octanol–water partition coefficient (Wildman–Crippen LogP) is 3.14. The van der Waals surface area contributed by atoms with Gasteiger partial charge in [0.25, 0.3) is 0 Å². The number of benzene rings is 1. The molecule has 0 saturated heterocycles. The van der Waals surface area contributed by atoms with Crippen molar-refractivity contribution in [3.8, 4) is 12.3 Å². The van der Waals surface area contributed by atoms with E-state index in [1.165, 1.54) is 4.57 Å². The molecule has 1 aromatic heterocycles. The van der Waals surface area contributed by atoms with E-state index in [0.717, 1.165) is 24.8 Å². The third-order valence-electron chi connectivity index (χ3n) is 4.73. The number of rotatable bonds is 10. The molecule has 2 aromatic rings. The molecule has 0 bridgehead atoms. The van der Waals surface area contributed by atoms with Crippen molar-refractivity contribution in [2.24, 2.45) is 5.73 Å². The van der Waals surface area contributed by atoms with Crippen molar-refractivity contribution >= 4 is 22.9 Å². The number of primary amides is 1. The first-order chi connectivity index (χ1) is 14.2. The summed E-state index contributed by atoms with van der Waals surface area (Å²) in [5.74, 6) is 1.53. The number of aryl methyl sites for hydroxylation is 1. The number of nitrogens with two attached hydrogens (primary N) is 1. The minimum absolute atomic E-state index is 0.0258. The Hall–Kier alpha value is -3.01. The first kappa shape index (κ1) is 23.3. The number of unbranched alkanes of at least 4 members (excludes halogenated alkanes) is 3. The van der Waals surface area contributed by atoms with E-state index in [-0.39, 0.29) is 18.5 Å². The predicted molar refractivity (Wildman–Crippen MR) is 117 cm³/mol. The monoisotopic (exact) mass is 413 g/mol. The molecule has 162 valence electrons. The Morgan fingerprint density at radius 2 is 1.83 bits per heavy atom. The molecule has 1 aromatic carbocycles. The van der Waals surface area contributed by atoms with Crippen molar-refractivity contribution in [2.45, 2.75) is 77.5 Å². The molecule has 0 aliphatic carbocycles. The van der Waals surface area contributed by atoms with Crippen LogP contribution in [0.15, 0.2) is 29.1 Å². The molecule has 1 unspecified atom stereocenters. The molecule has 2 rings (SSSR count). The van der Waals surface area contributed by atoms with Gasteiger partial charge in [-0.25, -0.2) is 9.59 Å². The summed E-state index contributed by atoms with van der Waals surface area (Å²) in [6.07, 6.45) is 8.69. The van der Waals surface area contributed by atoms with Crippen LogP contribution < -0.4 is 11.4 Å². The Morgan fingerprint density at radius 1 is 1.17 bits per heavy atom. The topological polar surface area (TPSA) is 96.3 Å². The van der Waals surface area contributed by atoms with E-state index >= 15 is 0 Å². The smallest absolute Gasteiger partial charge is 0.329 e. The molecule has 0 aliphatic rings. The molecule has 30 heavy (non-hydrogen) atoms. The number of esters is 1. The highest BCUT2D eigenvalue weighted by molar-refractivity contribution is 5.82. The van der Waals surface area contributed by atoms with Gasteiger partial charge in [-0.2, -0.15) is 0 Å². The number of para-hydroxylation sites is 2. The van der Waals surface area contributed by atoms with Crippen LogP contribution in [0.4, 0.5) is 0 Å². The molecule has 1 amide bonds. The van der Waals surface area contributed by atoms with Gasteiger partial charge < -0.3 is 10.5 Å². The van der Waals surface area contributed by atoms with Crippen molar-refractivity contribution in [3.63, 3.8) is 0 Å². The quantitative estimate of drug-likeness (QED) is 0.368. The van der Waals surface area contributed by atoms with E-state index in [1.807, 2.05) is 18.2 Å². The minimum atomic E-state index is -0.934. The van der Waals surface area contributed by atoms with Crippen LogP contribution in [0.25, 0.3) is 11.0 Å². The van der Waals surface area contributed by atoms with Crippen LogP contribution in [0.2, 0.25) is 0 Å². The van der Waals surface area contributed by atoms with Crippen LogP contribution in [-0.2, 0) is 20.9 Å². The molecule has 0 spiro atoms. The summed E-state index contributed by atoms with van der Waals surface area (Å²) in [4.78, 5) is 37.7. The number of hydrogen-bond donors (Lipinski definition) is 1. The molecular formula is C23H31N3O4. The number of terminal acetylenes is 1. The number of imidazole rings is 1. The SMILES string of the molecule is C#CCCCCCn1c(=O)n(C(CCC(N)=O)C(=O)OC(C)(C)C)c2ccccc21. The second-order valence-corrected chi connectivity index (χ2v) is 8.36. The van der Waals surface area contributed by atoms with E-state index in [0.29, 0.717) is 18.5 Å². The molecule has 2 N–H and O–H groups in total. The third-order valence-corrected chi connectivity index (χ3v) is 4.73. The normalized spacial score (nSPS) is 12.5. The van der Waals surface area contributed by atoms with Crippen LogP contribution in [0, 0.1) is 12.3 Å². The Bertz CT molecular complexity index is 989. The van der Waals surface area contributed by atoms with E-state index in [1.54, 1.807) is 31.4 Å². The summed E-state index contributed by atoms with van der Waals surface area (Å²) >= 11 is 0. The number of amides is 1. The molecule has 0 fully saturated rings. The second kappa shape index (κ2) is 10.1. The van der Waals surface area contributed by atoms with E-state index in [4.69, 9.17) is 16.9 Å². The van der Waals surface area contributed by atoms with Crippen LogP contribution >= 0.6 is 0 Å². The average molecular weight is 414 g/mol. The van der Waals surface area contributed by atoms with E-state index in [2.05, 4.69) is 5.92 Å². The Kier molecular flexibility index (Phi) is 7.87. The third kappa shape index (κ3) is 5.99. The van der Waals surface area contributed by atoms with E-state index < -0.39 is 23.5 Å². The first-order valence-corrected chi connectivity index (χ1v) is 10.3. The van der Waals surface area contributed by atoms with Crippen molar-refractivity contribution in [1.29, 1.82) is 0 Å². The molecule has 7 nitrogen and oxygen atoms in total. The number of nitrogens with zero attached hydrogens (tertiary/aromatic N) is 2. The number of fused-ring (bicyclic) bond motifs is 1. The van der Waals surface area contributed by atoms with Gasteiger partial charge in [0.05, 0.1) is 11.0 Å². The van der Waals surface area contributed by atoms with E-state index in [9.17, 15) is 14.4 Å². The standard InChI is InChI=1S/C23H31N3O4/c1-5-6-7-8-11-16-25-17-12-9-10-13-18(17)26(22(25)29)19(14-15-20(24)27)21(28)30-23(2,3)4/h1,9-10,12-13,19H,6-8,11,14-16H2,2-4H3,(H2,24,27).